The number of carbonyl (C=O) groups is 2. The standard InChI is InChI=1S/C32H44N4O5S/c1-31(2)19-25(31)14-17-32(15-4-16-32)21-42(40,41)36-27(30(38)39)20-34-29(37)24-9-6-22(7-10-24)8-12-26-13-11-23-5-3-18-33-28(23)35-26/h6-7,9-11,13,25,27,36H,3-5,8,12,14-21H2,1-2H3,(H,33,35)(H,34,37)(H,38,39)/t25?,27-/m0/s1. The van der Waals surface area contributed by atoms with Crippen molar-refractivity contribution >= 4 is 27.7 Å². The predicted octanol–water partition coefficient (Wildman–Crippen LogP) is 4.32. The van der Waals surface area contributed by atoms with Crippen LogP contribution in [0.5, 0.6) is 0 Å². The van der Waals surface area contributed by atoms with Gasteiger partial charge < -0.3 is 15.7 Å². The van der Waals surface area contributed by atoms with Gasteiger partial charge in [0.2, 0.25) is 10.0 Å². The average Bonchev–Trinajstić information content (AvgIpc) is 3.56. The van der Waals surface area contributed by atoms with Crippen molar-refractivity contribution in [3.63, 3.8) is 0 Å². The Morgan fingerprint density at radius 2 is 1.83 bits per heavy atom. The molecule has 2 saturated carbocycles. The highest BCUT2D eigenvalue weighted by Crippen LogP contribution is 2.57. The molecule has 1 unspecified atom stereocenters. The lowest BCUT2D eigenvalue weighted by atomic mass is 9.67. The summed E-state index contributed by atoms with van der Waals surface area (Å²) in [4.78, 5) is 29.4. The van der Waals surface area contributed by atoms with Gasteiger partial charge in [0.15, 0.2) is 0 Å². The Labute approximate surface area is 249 Å². The fourth-order valence-corrected chi connectivity index (χ4v) is 8.37. The summed E-state index contributed by atoms with van der Waals surface area (Å²) in [5, 5.41) is 15.7. The monoisotopic (exact) mass is 596 g/mol. The molecule has 2 aliphatic carbocycles. The second kappa shape index (κ2) is 12.3. The molecule has 3 aliphatic rings. The highest BCUT2D eigenvalue weighted by molar-refractivity contribution is 7.89. The zero-order valence-corrected chi connectivity index (χ0v) is 25.6. The van der Waals surface area contributed by atoms with Crippen LogP contribution in [0.2, 0.25) is 0 Å². The van der Waals surface area contributed by atoms with Crippen LogP contribution >= 0.6 is 0 Å². The number of carbonyl (C=O) groups excluding carboxylic acids is 1. The fourth-order valence-electron chi connectivity index (χ4n) is 6.43. The van der Waals surface area contributed by atoms with Gasteiger partial charge in [-0.25, -0.2) is 13.4 Å². The molecule has 2 atom stereocenters. The van der Waals surface area contributed by atoms with Crippen LogP contribution in [0.4, 0.5) is 5.82 Å². The van der Waals surface area contributed by atoms with Crippen LogP contribution in [0.25, 0.3) is 0 Å². The van der Waals surface area contributed by atoms with Crippen LogP contribution in [0.3, 0.4) is 0 Å². The van der Waals surface area contributed by atoms with Crippen LogP contribution in [0.15, 0.2) is 36.4 Å². The van der Waals surface area contributed by atoms with E-state index in [1.807, 2.05) is 12.1 Å². The van der Waals surface area contributed by atoms with E-state index in [9.17, 15) is 23.1 Å². The number of carboxylic acids is 1. The first-order chi connectivity index (χ1) is 19.9. The Kier molecular flexibility index (Phi) is 8.94. The Morgan fingerprint density at radius 3 is 2.48 bits per heavy atom. The summed E-state index contributed by atoms with van der Waals surface area (Å²) in [7, 11) is -3.84. The van der Waals surface area contributed by atoms with Crippen molar-refractivity contribution < 1.29 is 23.1 Å². The highest BCUT2D eigenvalue weighted by atomic mass is 32.2. The van der Waals surface area contributed by atoms with Gasteiger partial charge in [0.25, 0.3) is 5.91 Å². The molecule has 10 heteroatoms. The minimum absolute atomic E-state index is 0.0656. The molecule has 9 nitrogen and oxygen atoms in total. The highest BCUT2D eigenvalue weighted by Gasteiger charge is 2.48. The van der Waals surface area contributed by atoms with Gasteiger partial charge in [-0.3, -0.25) is 9.59 Å². The summed E-state index contributed by atoms with van der Waals surface area (Å²) in [5.41, 5.74) is 3.80. The number of amides is 1. The van der Waals surface area contributed by atoms with E-state index in [4.69, 9.17) is 4.98 Å². The second-order valence-electron chi connectivity index (χ2n) is 13.3. The number of hydrogen-bond donors (Lipinski definition) is 4. The van der Waals surface area contributed by atoms with E-state index in [-0.39, 0.29) is 17.7 Å². The van der Waals surface area contributed by atoms with Crippen LogP contribution in [0, 0.1) is 16.7 Å². The van der Waals surface area contributed by atoms with Crippen molar-refractivity contribution in [2.24, 2.45) is 16.7 Å². The average molecular weight is 597 g/mol. The van der Waals surface area contributed by atoms with Crippen LogP contribution < -0.4 is 15.4 Å². The molecule has 0 saturated heterocycles. The molecule has 2 heterocycles. The SMILES string of the molecule is CC1(C)CC1CCC1(CS(=O)(=O)N[C@@H](CNC(=O)c2ccc(CCc3ccc4c(n3)NCCC4)cc2)C(=O)O)CCC1. The summed E-state index contributed by atoms with van der Waals surface area (Å²) < 4.78 is 28.4. The first kappa shape index (κ1) is 30.5. The van der Waals surface area contributed by atoms with Crippen LogP contribution in [-0.2, 0) is 34.1 Å². The maximum absolute atomic E-state index is 13.0. The van der Waals surface area contributed by atoms with Crippen molar-refractivity contribution in [2.45, 2.75) is 84.1 Å². The van der Waals surface area contributed by atoms with E-state index in [2.05, 4.69) is 41.3 Å². The van der Waals surface area contributed by atoms with Crippen LogP contribution in [-0.4, -0.2) is 55.3 Å². The maximum atomic E-state index is 13.0. The smallest absolute Gasteiger partial charge is 0.323 e. The molecule has 1 aliphatic heterocycles. The number of hydrogen-bond acceptors (Lipinski definition) is 6. The number of aromatic nitrogens is 1. The minimum atomic E-state index is -3.84. The largest absolute Gasteiger partial charge is 0.480 e. The van der Waals surface area contributed by atoms with E-state index >= 15 is 0 Å². The third-order valence-electron chi connectivity index (χ3n) is 9.58. The number of carboxylic acid groups (broad SMARTS) is 1. The molecule has 2 fully saturated rings. The van der Waals surface area contributed by atoms with Crippen molar-refractivity contribution in [1.82, 2.24) is 15.0 Å². The third kappa shape index (κ3) is 7.69. The first-order valence-electron chi connectivity index (χ1n) is 15.3. The molecule has 0 bridgehead atoms. The number of pyridine rings is 1. The van der Waals surface area contributed by atoms with Crippen molar-refractivity contribution in [3.05, 3.63) is 58.8 Å². The zero-order chi connectivity index (χ0) is 30.0. The predicted molar refractivity (Wildman–Crippen MR) is 163 cm³/mol. The Hall–Kier alpha value is -2.98. The molecule has 0 spiro atoms. The summed E-state index contributed by atoms with van der Waals surface area (Å²) in [6.45, 7) is 5.11. The van der Waals surface area contributed by atoms with Gasteiger partial charge in [-0.2, -0.15) is 4.72 Å². The number of aryl methyl sites for hydroxylation is 3. The lowest BCUT2D eigenvalue weighted by Crippen LogP contribution is -2.51. The Balaban J connectivity index is 1.10. The molecule has 1 aromatic carbocycles. The number of anilines is 1. The molecular weight excluding hydrogens is 552 g/mol. The molecule has 1 aromatic heterocycles. The quantitative estimate of drug-likeness (QED) is 0.255. The van der Waals surface area contributed by atoms with Gasteiger partial charge in [-0.1, -0.05) is 38.5 Å². The normalized spacial score (nSPS) is 20.9. The van der Waals surface area contributed by atoms with E-state index < -0.39 is 27.9 Å². The van der Waals surface area contributed by atoms with Gasteiger partial charge in [-0.05, 0) is 104 Å². The Morgan fingerprint density at radius 1 is 1.10 bits per heavy atom. The van der Waals surface area contributed by atoms with Gasteiger partial charge in [0.05, 0.1) is 5.75 Å². The maximum Gasteiger partial charge on any atom is 0.323 e. The topological polar surface area (TPSA) is 137 Å². The van der Waals surface area contributed by atoms with Crippen molar-refractivity contribution in [2.75, 3.05) is 24.2 Å². The van der Waals surface area contributed by atoms with E-state index in [1.54, 1.807) is 12.1 Å². The van der Waals surface area contributed by atoms with Crippen molar-refractivity contribution in [1.29, 1.82) is 0 Å². The molecule has 4 N–H and O–H groups in total. The molecular formula is C32H44N4O5S. The minimum Gasteiger partial charge on any atom is -0.480 e. The lowest BCUT2D eigenvalue weighted by Gasteiger charge is -2.42. The Bertz CT molecular complexity index is 1400. The van der Waals surface area contributed by atoms with Gasteiger partial charge >= 0.3 is 5.97 Å². The fraction of sp³-hybridized carbons (Fsp3) is 0.594. The number of sulfonamides is 1. The van der Waals surface area contributed by atoms with Crippen molar-refractivity contribution in [3.8, 4) is 0 Å². The van der Waals surface area contributed by atoms with Gasteiger partial charge in [0, 0.05) is 24.3 Å². The second-order valence-corrected chi connectivity index (χ2v) is 15.1. The lowest BCUT2D eigenvalue weighted by molar-refractivity contribution is -0.138. The van der Waals surface area contributed by atoms with E-state index in [0.29, 0.717) is 16.9 Å². The van der Waals surface area contributed by atoms with Gasteiger partial charge in [0.1, 0.15) is 11.9 Å². The zero-order valence-electron chi connectivity index (χ0n) is 24.7. The van der Waals surface area contributed by atoms with E-state index in [1.165, 1.54) is 12.0 Å². The van der Waals surface area contributed by atoms with Gasteiger partial charge in [-0.15, -0.1) is 0 Å². The number of aliphatic carboxylic acids is 1. The first-order valence-corrected chi connectivity index (χ1v) is 16.9. The number of benzene rings is 1. The molecule has 1 amide bonds. The number of fused-ring (bicyclic) bond motifs is 1. The number of rotatable bonds is 14. The number of nitrogens with one attached hydrogen (secondary N) is 3. The summed E-state index contributed by atoms with van der Waals surface area (Å²) in [5.74, 6) is -0.207. The number of nitrogens with zero attached hydrogens (tertiary/aromatic N) is 1. The van der Waals surface area contributed by atoms with E-state index in [0.717, 1.165) is 81.4 Å². The molecule has 5 rings (SSSR count). The van der Waals surface area contributed by atoms with Crippen LogP contribution in [0.1, 0.15) is 86.0 Å². The summed E-state index contributed by atoms with van der Waals surface area (Å²) in [6, 6.07) is 9.94. The third-order valence-corrected chi connectivity index (χ3v) is 11.2. The summed E-state index contributed by atoms with van der Waals surface area (Å²) >= 11 is 0. The molecule has 2 aromatic rings. The molecule has 0 radical (unpaired) electrons. The molecule has 42 heavy (non-hydrogen) atoms. The molecule has 228 valence electrons. The summed E-state index contributed by atoms with van der Waals surface area (Å²) in [6.07, 6.45) is 9.50.